The Morgan fingerprint density at radius 2 is 1.76 bits per heavy atom. The number of nitrogen functional groups attached to an aromatic ring is 1. The summed E-state index contributed by atoms with van der Waals surface area (Å²) in [5, 5.41) is 10.2. The lowest BCUT2D eigenvalue weighted by atomic mass is 10.1. The van der Waals surface area contributed by atoms with Crippen molar-refractivity contribution in [2.45, 2.75) is 45.4 Å². The van der Waals surface area contributed by atoms with Gasteiger partial charge < -0.3 is 10.5 Å². The minimum absolute atomic E-state index is 0.0166. The van der Waals surface area contributed by atoms with Crippen molar-refractivity contribution in [3.63, 3.8) is 0 Å². The maximum Gasteiger partial charge on any atom is 0.412 e. The number of alkyl carbamates (subject to hydrolysis) is 1. The molecule has 116 valence electrons. The van der Waals surface area contributed by atoms with Crippen LogP contribution in [0.25, 0.3) is 0 Å². The Morgan fingerprint density at radius 3 is 2.43 bits per heavy atom. The topological polar surface area (TPSA) is 88.2 Å². The SMILES string of the molecule is CCCCCCCCOC(=O)NC(=N)c1ccc(N)cc1. The number of carbonyl (C=O) groups excluding carboxylic acids is 1. The van der Waals surface area contributed by atoms with Gasteiger partial charge in [0.15, 0.2) is 0 Å². The Hall–Kier alpha value is -2.04. The first kappa shape index (κ1) is 17.0. The average Bonchev–Trinajstić information content (AvgIpc) is 2.47. The van der Waals surface area contributed by atoms with Crippen LogP contribution in [0.5, 0.6) is 0 Å². The van der Waals surface area contributed by atoms with Gasteiger partial charge in [-0.05, 0) is 30.7 Å². The van der Waals surface area contributed by atoms with Crippen LogP contribution in [0.15, 0.2) is 24.3 Å². The number of rotatable bonds is 8. The predicted molar refractivity (Wildman–Crippen MR) is 85.5 cm³/mol. The number of amides is 1. The van der Waals surface area contributed by atoms with Gasteiger partial charge in [0.05, 0.1) is 6.61 Å². The normalized spacial score (nSPS) is 10.1. The van der Waals surface area contributed by atoms with Gasteiger partial charge in [-0.25, -0.2) is 4.79 Å². The van der Waals surface area contributed by atoms with Crippen molar-refractivity contribution < 1.29 is 9.53 Å². The number of carbonyl (C=O) groups is 1. The second kappa shape index (κ2) is 9.80. The van der Waals surface area contributed by atoms with E-state index in [1.807, 2.05) is 0 Å². The van der Waals surface area contributed by atoms with Crippen LogP contribution in [0.3, 0.4) is 0 Å². The largest absolute Gasteiger partial charge is 0.449 e. The van der Waals surface area contributed by atoms with E-state index in [4.69, 9.17) is 15.9 Å². The molecule has 1 aromatic rings. The molecule has 0 aliphatic heterocycles. The number of hydrogen-bond donors (Lipinski definition) is 3. The van der Waals surface area contributed by atoms with Gasteiger partial charge in [-0.1, -0.05) is 39.0 Å². The highest BCUT2D eigenvalue weighted by atomic mass is 16.5. The predicted octanol–water partition coefficient (Wildman–Crippen LogP) is 3.68. The third-order valence-corrected chi connectivity index (χ3v) is 3.16. The van der Waals surface area contributed by atoms with Crippen molar-refractivity contribution in [3.05, 3.63) is 29.8 Å². The summed E-state index contributed by atoms with van der Waals surface area (Å²) < 4.78 is 5.05. The molecule has 0 saturated heterocycles. The molecular formula is C16H25N3O2. The Bertz CT molecular complexity index is 443. The monoisotopic (exact) mass is 291 g/mol. The summed E-state index contributed by atoms with van der Waals surface area (Å²) in [4.78, 5) is 11.5. The summed E-state index contributed by atoms with van der Waals surface area (Å²) in [6.07, 6.45) is 6.27. The van der Waals surface area contributed by atoms with E-state index in [1.54, 1.807) is 24.3 Å². The lowest BCUT2D eigenvalue weighted by Gasteiger charge is -2.08. The third kappa shape index (κ3) is 7.34. The van der Waals surface area contributed by atoms with Crippen molar-refractivity contribution in [2.24, 2.45) is 0 Å². The molecule has 0 aliphatic carbocycles. The average molecular weight is 291 g/mol. The van der Waals surface area contributed by atoms with Gasteiger partial charge in [0.1, 0.15) is 5.84 Å². The number of nitrogens with two attached hydrogens (primary N) is 1. The Kier molecular flexibility index (Phi) is 7.94. The molecule has 1 rings (SSSR count). The van der Waals surface area contributed by atoms with Gasteiger partial charge in [0.2, 0.25) is 0 Å². The molecule has 0 aliphatic rings. The second-order valence-corrected chi connectivity index (χ2v) is 5.03. The lowest BCUT2D eigenvalue weighted by molar-refractivity contribution is 0.149. The zero-order valence-electron chi connectivity index (χ0n) is 12.7. The molecule has 0 heterocycles. The number of benzene rings is 1. The molecule has 1 aromatic carbocycles. The van der Waals surface area contributed by atoms with Crippen molar-refractivity contribution in [2.75, 3.05) is 12.3 Å². The maximum absolute atomic E-state index is 11.5. The summed E-state index contributed by atoms with van der Waals surface area (Å²) in [6.45, 7) is 2.58. The maximum atomic E-state index is 11.5. The van der Waals surface area contributed by atoms with Crippen LogP contribution in [0, 0.1) is 5.41 Å². The van der Waals surface area contributed by atoms with Gasteiger partial charge in [-0.2, -0.15) is 0 Å². The van der Waals surface area contributed by atoms with E-state index in [1.165, 1.54) is 25.7 Å². The van der Waals surface area contributed by atoms with Gasteiger partial charge in [-0.3, -0.25) is 10.7 Å². The highest BCUT2D eigenvalue weighted by Gasteiger charge is 2.07. The second-order valence-electron chi connectivity index (χ2n) is 5.03. The number of amidine groups is 1. The van der Waals surface area contributed by atoms with E-state index in [0.717, 1.165) is 12.8 Å². The van der Waals surface area contributed by atoms with Crippen molar-refractivity contribution in [3.8, 4) is 0 Å². The smallest absolute Gasteiger partial charge is 0.412 e. The molecule has 5 heteroatoms. The molecule has 0 unspecified atom stereocenters. The summed E-state index contributed by atoms with van der Waals surface area (Å²) in [7, 11) is 0. The number of ether oxygens (including phenoxy) is 1. The van der Waals surface area contributed by atoms with Crippen LogP contribution in [0.2, 0.25) is 0 Å². The van der Waals surface area contributed by atoms with Gasteiger partial charge >= 0.3 is 6.09 Å². The standard InChI is InChI=1S/C16H25N3O2/c1-2-3-4-5-6-7-12-21-16(20)19-15(18)13-8-10-14(17)11-9-13/h8-11H,2-7,12,17H2,1H3,(H2,18,19,20). The molecule has 5 nitrogen and oxygen atoms in total. The fraction of sp³-hybridized carbons (Fsp3) is 0.500. The molecule has 4 N–H and O–H groups in total. The van der Waals surface area contributed by atoms with Crippen LogP contribution in [-0.2, 0) is 4.74 Å². The number of anilines is 1. The van der Waals surface area contributed by atoms with Gasteiger partial charge in [0.25, 0.3) is 0 Å². The molecule has 0 spiro atoms. The molecule has 0 atom stereocenters. The van der Waals surface area contributed by atoms with Crippen LogP contribution in [-0.4, -0.2) is 18.5 Å². The molecule has 21 heavy (non-hydrogen) atoms. The Labute approximate surface area is 126 Å². The van der Waals surface area contributed by atoms with Gasteiger partial charge in [-0.15, -0.1) is 0 Å². The van der Waals surface area contributed by atoms with Crippen molar-refractivity contribution in [1.29, 1.82) is 5.41 Å². The summed E-state index contributed by atoms with van der Waals surface area (Å²) in [6, 6.07) is 6.75. The molecule has 1 amide bonds. The first-order valence-corrected chi connectivity index (χ1v) is 7.51. The summed E-state index contributed by atoms with van der Waals surface area (Å²) >= 11 is 0. The van der Waals surface area contributed by atoms with Gasteiger partial charge in [0, 0.05) is 11.3 Å². The number of unbranched alkanes of at least 4 members (excludes halogenated alkanes) is 5. The highest BCUT2D eigenvalue weighted by molar-refractivity contribution is 6.04. The number of hydrogen-bond acceptors (Lipinski definition) is 4. The lowest BCUT2D eigenvalue weighted by Crippen LogP contribution is -2.31. The van der Waals surface area contributed by atoms with Crippen LogP contribution < -0.4 is 11.1 Å². The van der Waals surface area contributed by atoms with E-state index in [-0.39, 0.29) is 5.84 Å². The minimum Gasteiger partial charge on any atom is -0.449 e. The van der Waals surface area contributed by atoms with Crippen LogP contribution in [0.1, 0.15) is 51.0 Å². The van der Waals surface area contributed by atoms with E-state index < -0.39 is 6.09 Å². The number of nitrogens with one attached hydrogen (secondary N) is 2. The quantitative estimate of drug-likeness (QED) is 0.295. The van der Waals surface area contributed by atoms with Crippen LogP contribution >= 0.6 is 0 Å². The van der Waals surface area contributed by atoms with Crippen molar-refractivity contribution in [1.82, 2.24) is 5.32 Å². The minimum atomic E-state index is -0.578. The third-order valence-electron chi connectivity index (χ3n) is 3.16. The van der Waals surface area contributed by atoms with Crippen LogP contribution in [0.4, 0.5) is 10.5 Å². The Morgan fingerprint density at radius 1 is 1.14 bits per heavy atom. The fourth-order valence-corrected chi connectivity index (χ4v) is 1.91. The fourth-order valence-electron chi connectivity index (χ4n) is 1.91. The highest BCUT2D eigenvalue weighted by Crippen LogP contribution is 2.06. The zero-order chi connectivity index (χ0) is 15.5. The van der Waals surface area contributed by atoms with E-state index in [2.05, 4.69) is 12.2 Å². The zero-order valence-corrected chi connectivity index (χ0v) is 12.7. The molecule has 0 radical (unpaired) electrons. The first-order chi connectivity index (χ1) is 10.1. The molecule has 0 aromatic heterocycles. The molecular weight excluding hydrogens is 266 g/mol. The summed E-state index contributed by atoms with van der Waals surface area (Å²) in [5.74, 6) is 0.0166. The molecule has 0 saturated carbocycles. The Balaban J connectivity index is 2.15. The van der Waals surface area contributed by atoms with E-state index in [0.29, 0.717) is 17.9 Å². The van der Waals surface area contributed by atoms with E-state index in [9.17, 15) is 4.79 Å². The molecule has 0 fully saturated rings. The summed E-state index contributed by atoms with van der Waals surface area (Å²) in [5.41, 5.74) is 6.79. The van der Waals surface area contributed by atoms with E-state index >= 15 is 0 Å². The molecule has 0 bridgehead atoms. The van der Waals surface area contributed by atoms with Crippen molar-refractivity contribution >= 4 is 17.6 Å². The first-order valence-electron chi connectivity index (χ1n) is 7.51.